The molecule has 4 nitrogen and oxygen atoms in total. The molecular weight excluding hydrogens is 284 g/mol. The molecule has 2 amide bonds. The molecule has 1 aromatic rings. The zero-order valence-corrected chi connectivity index (χ0v) is 11.0. The number of nitrogens with two attached hydrogens (primary N) is 1. The molecule has 0 spiro atoms. The van der Waals surface area contributed by atoms with Crippen LogP contribution in [0, 0.1) is 12.8 Å². The molecule has 90 valence electrons. The maximum Gasteiger partial charge on any atom is 0.227 e. The van der Waals surface area contributed by atoms with E-state index in [9.17, 15) is 9.59 Å². The second kappa shape index (κ2) is 4.49. The summed E-state index contributed by atoms with van der Waals surface area (Å²) >= 11 is 3.43. The minimum Gasteiger partial charge on any atom is -0.369 e. The molecule has 0 aliphatic carbocycles. The number of carbonyl (C=O) groups is 2. The molecule has 17 heavy (non-hydrogen) atoms. The molecule has 0 radical (unpaired) electrons. The molecule has 1 atom stereocenters. The van der Waals surface area contributed by atoms with E-state index in [1.807, 2.05) is 25.1 Å². The maximum atomic E-state index is 11.9. The summed E-state index contributed by atoms with van der Waals surface area (Å²) in [5.41, 5.74) is 7.07. The van der Waals surface area contributed by atoms with Gasteiger partial charge in [-0.3, -0.25) is 9.59 Å². The van der Waals surface area contributed by atoms with Gasteiger partial charge in [0, 0.05) is 23.1 Å². The molecule has 2 N–H and O–H groups in total. The van der Waals surface area contributed by atoms with E-state index >= 15 is 0 Å². The van der Waals surface area contributed by atoms with Gasteiger partial charge in [0.05, 0.1) is 5.92 Å². The topological polar surface area (TPSA) is 63.4 Å². The zero-order valence-electron chi connectivity index (χ0n) is 9.44. The summed E-state index contributed by atoms with van der Waals surface area (Å²) in [7, 11) is 0. The highest BCUT2D eigenvalue weighted by atomic mass is 79.9. The SMILES string of the molecule is Cc1c(Br)cccc1N1CC(C(N)=O)CC1=O. The number of hydrogen-bond acceptors (Lipinski definition) is 2. The molecule has 0 aromatic heterocycles. The molecule has 1 unspecified atom stereocenters. The number of hydrogen-bond donors (Lipinski definition) is 1. The third-order valence-corrected chi connectivity index (χ3v) is 3.92. The Labute approximate surface area is 108 Å². The minimum atomic E-state index is -0.409. The van der Waals surface area contributed by atoms with Gasteiger partial charge in [-0.05, 0) is 24.6 Å². The highest BCUT2D eigenvalue weighted by molar-refractivity contribution is 9.10. The van der Waals surface area contributed by atoms with Crippen molar-refractivity contribution >= 4 is 33.4 Å². The third kappa shape index (κ3) is 2.20. The van der Waals surface area contributed by atoms with Crippen molar-refractivity contribution in [2.75, 3.05) is 11.4 Å². The minimum absolute atomic E-state index is 0.0463. The summed E-state index contributed by atoms with van der Waals surface area (Å²) in [5, 5.41) is 0. The maximum absolute atomic E-state index is 11.9. The van der Waals surface area contributed by atoms with Gasteiger partial charge in [0.1, 0.15) is 0 Å². The van der Waals surface area contributed by atoms with Crippen LogP contribution >= 0.6 is 15.9 Å². The predicted molar refractivity (Wildman–Crippen MR) is 68.5 cm³/mol. The van der Waals surface area contributed by atoms with Gasteiger partial charge in [-0.15, -0.1) is 0 Å². The van der Waals surface area contributed by atoms with E-state index in [0.717, 1.165) is 15.7 Å². The van der Waals surface area contributed by atoms with Crippen molar-refractivity contribution < 1.29 is 9.59 Å². The Balaban J connectivity index is 2.32. The van der Waals surface area contributed by atoms with Crippen LogP contribution in [0.4, 0.5) is 5.69 Å². The van der Waals surface area contributed by atoms with Crippen LogP contribution in [0.5, 0.6) is 0 Å². The summed E-state index contributed by atoms with van der Waals surface area (Å²) < 4.78 is 0.949. The van der Waals surface area contributed by atoms with Crippen molar-refractivity contribution in [3.05, 3.63) is 28.2 Å². The normalized spacial score (nSPS) is 19.8. The average molecular weight is 297 g/mol. The summed E-state index contributed by atoms with van der Waals surface area (Å²) in [6, 6.07) is 5.67. The number of anilines is 1. The van der Waals surface area contributed by atoms with Gasteiger partial charge in [0.25, 0.3) is 0 Å². The molecular formula is C12H13BrN2O2. The van der Waals surface area contributed by atoms with Crippen molar-refractivity contribution in [1.29, 1.82) is 0 Å². The molecule has 1 aliphatic rings. The molecule has 5 heteroatoms. The van der Waals surface area contributed by atoms with Crippen LogP contribution in [-0.2, 0) is 9.59 Å². The fraction of sp³-hybridized carbons (Fsp3) is 0.333. The highest BCUT2D eigenvalue weighted by Crippen LogP contribution is 2.31. The number of amides is 2. The Kier molecular flexibility index (Phi) is 3.19. The molecule has 1 aromatic carbocycles. The molecule has 2 rings (SSSR count). The molecule has 0 bridgehead atoms. The molecule has 1 fully saturated rings. The van der Waals surface area contributed by atoms with E-state index in [0.29, 0.717) is 6.54 Å². The quantitative estimate of drug-likeness (QED) is 0.901. The van der Waals surface area contributed by atoms with Crippen LogP contribution in [0.3, 0.4) is 0 Å². The van der Waals surface area contributed by atoms with E-state index in [1.165, 1.54) is 0 Å². The fourth-order valence-corrected chi connectivity index (χ4v) is 2.38. The number of benzene rings is 1. The van der Waals surface area contributed by atoms with Gasteiger partial charge in [0.15, 0.2) is 0 Å². The molecule has 0 saturated carbocycles. The van der Waals surface area contributed by atoms with Crippen molar-refractivity contribution in [3.8, 4) is 0 Å². The second-order valence-electron chi connectivity index (χ2n) is 4.19. The lowest BCUT2D eigenvalue weighted by Gasteiger charge is -2.19. The number of nitrogens with zero attached hydrogens (tertiary/aromatic N) is 1. The van der Waals surface area contributed by atoms with E-state index in [4.69, 9.17) is 5.73 Å². The van der Waals surface area contributed by atoms with Gasteiger partial charge in [0.2, 0.25) is 11.8 Å². The Hall–Kier alpha value is -1.36. The van der Waals surface area contributed by atoms with Gasteiger partial charge >= 0.3 is 0 Å². The summed E-state index contributed by atoms with van der Waals surface area (Å²) in [6.07, 6.45) is 0.210. The Bertz CT molecular complexity index is 487. The Morgan fingerprint density at radius 1 is 1.53 bits per heavy atom. The fourth-order valence-electron chi connectivity index (χ4n) is 2.02. The monoisotopic (exact) mass is 296 g/mol. The van der Waals surface area contributed by atoms with Crippen LogP contribution in [0.1, 0.15) is 12.0 Å². The number of rotatable bonds is 2. The predicted octanol–water partition coefficient (Wildman–Crippen LogP) is 1.60. The van der Waals surface area contributed by atoms with E-state index < -0.39 is 5.91 Å². The average Bonchev–Trinajstić information content (AvgIpc) is 2.65. The van der Waals surface area contributed by atoms with Crippen LogP contribution in [0.25, 0.3) is 0 Å². The van der Waals surface area contributed by atoms with Crippen LogP contribution in [0.15, 0.2) is 22.7 Å². The van der Waals surface area contributed by atoms with Crippen molar-refractivity contribution in [2.45, 2.75) is 13.3 Å². The smallest absolute Gasteiger partial charge is 0.227 e. The van der Waals surface area contributed by atoms with Gasteiger partial charge < -0.3 is 10.6 Å². The standard InChI is InChI=1S/C12H13BrN2O2/c1-7-9(13)3-2-4-10(7)15-6-8(12(14)17)5-11(15)16/h2-4,8H,5-6H2,1H3,(H2,14,17). The van der Waals surface area contributed by atoms with Crippen LogP contribution in [0.2, 0.25) is 0 Å². The van der Waals surface area contributed by atoms with Gasteiger partial charge in [-0.1, -0.05) is 22.0 Å². The molecule has 1 heterocycles. The van der Waals surface area contributed by atoms with Gasteiger partial charge in [-0.2, -0.15) is 0 Å². The number of halogens is 1. The third-order valence-electron chi connectivity index (χ3n) is 3.06. The Morgan fingerprint density at radius 3 is 2.82 bits per heavy atom. The highest BCUT2D eigenvalue weighted by Gasteiger charge is 2.34. The Morgan fingerprint density at radius 2 is 2.24 bits per heavy atom. The first-order valence-electron chi connectivity index (χ1n) is 5.35. The lowest BCUT2D eigenvalue weighted by atomic mass is 10.1. The van der Waals surface area contributed by atoms with E-state index in [-0.39, 0.29) is 18.2 Å². The zero-order chi connectivity index (χ0) is 12.6. The lowest BCUT2D eigenvalue weighted by molar-refractivity contribution is -0.123. The summed E-state index contributed by atoms with van der Waals surface area (Å²) in [4.78, 5) is 24.6. The van der Waals surface area contributed by atoms with Crippen LogP contribution < -0.4 is 10.6 Å². The van der Waals surface area contributed by atoms with Gasteiger partial charge in [-0.25, -0.2) is 0 Å². The summed E-state index contributed by atoms with van der Waals surface area (Å²) in [5.74, 6) is -0.829. The number of carbonyl (C=O) groups excluding carboxylic acids is 2. The summed E-state index contributed by atoms with van der Waals surface area (Å²) in [6.45, 7) is 2.32. The van der Waals surface area contributed by atoms with E-state index in [1.54, 1.807) is 4.90 Å². The first kappa shape index (κ1) is 12.1. The van der Waals surface area contributed by atoms with Crippen molar-refractivity contribution in [3.63, 3.8) is 0 Å². The molecule has 1 saturated heterocycles. The largest absolute Gasteiger partial charge is 0.369 e. The number of primary amides is 1. The van der Waals surface area contributed by atoms with Crippen molar-refractivity contribution in [2.24, 2.45) is 11.7 Å². The second-order valence-corrected chi connectivity index (χ2v) is 5.05. The molecule has 1 aliphatic heterocycles. The van der Waals surface area contributed by atoms with Crippen LogP contribution in [-0.4, -0.2) is 18.4 Å². The van der Waals surface area contributed by atoms with E-state index in [2.05, 4.69) is 15.9 Å². The van der Waals surface area contributed by atoms with Crippen molar-refractivity contribution in [1.82, 2.24) is 0 Å². The first-order chi connectivity index (χ1) is 8.00. The first-order valence-corrected chi connectivity index (χ1v) is 6.15. The lowest BCUT2D eigenvalue weighted by Crippen LogP contribution is -2.28.